The number of aliphatic carboxylic acids is 1. The van der Waals surface area contributed by atoms with Gasteiger partial charge < -0.3 is 14.7 Å². The van der Waals surface area contributed by atoms with E-state index in [4.69, 9.17) is 4.74 Å². The van der Waals surface area contributed by atoms with Crippen LogP contribution in [0.1, 0.15) is 38.7 Å². The summed E-state index contributed by atoms with van der Waals surface area (Å²) in [6, 6.07) is 7.66. The molecule has 5 nitrogen and oxygen atoms in total. The highest BCUT2D eigenvalue weighted by atomic mass is 16.5. The standard InChI is InChI=1S/C22H25NO4/c1-12(2)11-17-22-10-9-16(27-22)18(21(25)26)19(22)20(24)23(17)15-7-5-14(6-8-15)13(3)4/h5-10,13,16-19H,1,11H2,2-4H3,(H,25,26)/t16-,17+,18+,19-,22-/m1/s1. The van der Waals surface area contributed by atoms with Crippen molar-refractivity contribution >= 4 is 17.6 Å². The molecule has 1 amide bonds. The smallest absolute Gasteiger partial charge is 0.310 e. The topological polar surface area (TPSA) is 66.8 Å². The number of benzene rings is 1. The first-order valence-electron chi connectivity index (χ1n) is 9.43. The van der Waals surface area contributed by atoms with Gasteiger partial charge in [-0.05, 0) is 37.0 Å². The van der Waals surface area contributed by atoms with Crippen molar-refractivity contribution in [3.8, 4) is 0 Å². The van der Waals surface area contributed by atoms with Crippen LogP contribution in [0.25, 0.3) is 0 Å². The number of anilines is 1. The number of carboxylic acids is 1. The maximum absolute atomic E-state index is 13.4. The van der Waals surface area contributed by atoms with Gasteiger partial charge >= 0.3 is 5.97 Å². The fourth-order valence-electron chi connectivity index (χ4n) is 4.84. The maximum atomic E-state index is 13.4. The van der Waals surface area contributed by atoms with Crippen molar-refractivity contribution in [2.75, 3.05) is 4.90 Å². The number of amides is 1. The second-order valence-electron chi connectivity index (χ2n) is 8.27. The van der Waals surface area contributed by atoms with Crippen LogP contribution in [0, 0.1) is 11.8 Å². The highest BCUT2D eigenvalue weighted by molar-refractivity contribution is 6.03. The number of ether oxygens (including phenoxy) is 1. The maximum Gasteiger partial charge on any atom is 0.310 e. The molecule has 2 saturated heterocycles. The zero-order chi connectivity index (χ0) is 19.5. The number of carbonyl (C=O) groups excluding carboxylic acids is 1. The summed E-state index contributed by atoms with van der Waals surface area (Å²) >= 11 is 0. The summed E-state index contributed by atoms with van der Waals surface area (Å²) in [4.78, 5) is 27.0. The quantitative estimate of drug-likeness (QED) is 0.809. The van der Waals surface area contributed by atoms with Gasteiger partial charge in [0, 0.05) is 5.69 Å². The normalized spacial score (nSPS) is 33.8. The van der Waals surface area contributed by atoms with Crippen LogP contribution < -0.4 is 4.90 Å². The zero-order valence-electron chi connectivity index (χ0n) is 15.9. The lowest BCUT2D eigenvalue weighted by atomic mass is 9.74. The van der Waals surface area contributed by atoms with Crippen molar-refractivity contribution in [1.82, 2.24) is 0 Å². The summed E-state index contributed by atoms with van der Waals surface area (Å²) < 4.78 is 6.16. The average Bonchev–Trinajstić information content (AvgIpc) is 3.24. The number of hydrogen-bond donors (Lipinski definition) is 1. The molecule has 0 saturated carbocycles. The Morgan fingerprint density at radius 2 is 2.00 bits per heavy atom. The highest BCUT2D eigenvalue weighted by Crippen LogP contribution is 2.56. The lowest BCUT2D eigenvalue weighted by molar-refractivity contribution is -0.146. The van der Waals surface area contributed by atoms with E-state index in [1.54, 1.807) is 11.0 Å². The van der Waals surface area contributed by atoms with Gasteiger partial charge in [-0.2, -0.15) is 0 Å². The Morgan fingerprint density at radius 3 is 2.56 bits per heavy atom. The fourth-order valence-corrected chi connectivity index (χ4v) is 4.84. The van der Waals surface area contributed by atoms with Gasteiger partial charge in [0.25, 0.3) is 0 Å². The Kier molecular flexibility index (Phi) is 4.04. The number of carboxylic acid groups (broad SMARTS) is 1. The van der Waals surface area contributed by atoms with Gasteiger partial charge in [0.15, 0.2) is 0 Å². The van der Waals surface area contributed by atoms with E-state index in [9.17, 15) is 14.7 Å². The lowest BCUT2D eigenvalue weighted by Crippen LogP contribution is -2.45. The molecule has 5 atom stereocenters. The summed E-state index contributed by atoms with van der Waals surface area (Å²) in [5, 5.41) is 9.72. The predicted molar refractivity (Wildman–Crippen MR) is 103 cm³/mol. The molecule has 0 radical (unpaired) electrons. The number of carbonyl (C=O) groups is 2. The van der Waals surface area contributed by atoms with Gasteiger partial charge in [0.05, 0.1) is 18.1 Å². The molecule has 27 heavy (non-hydrogen) atoms. The number of fused-ring (bicyclic) bond motifs is 1. The highest BCUT2D eigenvalue weighted by Gasteiger charge is 2.71. The molecular weight excluding hydrogens is 342 g/mol. The first kappa shape index (κ1) is 18.0. The van der Waals surface area contributed by atoms with Crippen LogP contribution in [-0.4, -0.2) is 34.7 Å². The van der Waals surface area contributed by atoms with Crippen molar-refractivity contribution in [2.24, 2.45) is 11.8 Å². The van der Waals surface area contributed by atoms with E-state index in [1.165, 1.54) is 5.56 Å². The van der Waals surface area contributed by atoms with Gasteiger partial charge in [0.2, 0.25) is 5.91 Å². The molecule has 3 heterocycles. The molecule has 0 aliphatic carbocycles. The molecule has 4 rings (SSSR count). The Bertz CT molecular complexity index is 840. The van der Waals surface area contributed by atoms with Gasteiger partial charge in [-0.3, -0.25) is 9.59 Å². The predicted octanol–water partition coefficient (Wildman–Crippen LogP) is 3.52. The third kappa shape index (κ3) is 2.48. The minimum atomic E-state index is -0.976. The van der Waals surface area contributed by atoms with Crippen LogP contribution in [0.3, 0.4) is 0 Å². The average molecular weight is 367 g/mol. The molecular formula is C22H25NO4. The number of rotatable bonds is 5. The number of hydrogen-bond acceptors (Lipinski definition) is 3. The molecule has 1 aromatic rings. The molecule has 0 unspecified atom stereocenters. The van der Waals surface area contributed by atoms with Gasteiger partial charge in [-0.15, -0.1) is 6.58 Å². The van der Waals surface area contributed by atoms with Crippen LogP contribution >= 0.6 is 0 Å². The summed E-state index contributed by atoms with van der Waals surface area (Å²) in [5.41, 5.74) is 2.02. The van der Waals surface area contributed by atoms with Gasteiger partial charge in [-0.25, -0.2) is 0 Å². The monoisotopic (exact) mass is 367 g/mol. The Hall–Kier alpha value is -2.40. The van der Waals surface area contributed by atoms with Crippen molar-refractivity contribution in [2.45, 2.75) is 50.9 Å². The zero-order valence-corrected chi connectivity index (χ0v) is 15.9. The second kappa shape index (κ2) is 6.06. The Morgan fingerprint density at radius 1 is 1.33 bits per heavy atom. The summed E-state index contributed by atoms with van der Waals surface area (Å²) in [7, 11) is 0. The molecule has 2 bridgehead atoms. The van der Waals surface area contributed by atoms with Crippen LogP contribution in [0.15, 0.2) is 48.6 Å². The molecule has 0 aromatic heterocycles. The minimum Gasteiger partial charge on any atom is -0.481 e. The third-order valence-corrected chi connectivity index (χ3v) is 6.09. The number of nitrogens with zero attached hydrogens (tertiary/aromatic N) is 1. The first-order chi connectivity index (χ1) is 12.8. The molecule has 1 aromatic carbocycles. The molecule has 1 N–H and O–H groups in total. The molecule has 5 heteroatoms. The van der Waals surface area contributed by atoms with Crippen molar-refractivity contribution in [1.29, 1.82) is 0 Å². The first-order valence-corrected chi connectivity index (χ1v) is 9.43. The van der Waals surface area contributed by atoms with Crippen molar-refractivity contribution in [3.05, 3.63) is 54.1 Å². The SMILES string of the molecule is C=C(C)C[C@@H]1N(c2ccc(C(C)C)cc2)C(=O)[C@H]2[C@@H](C(=O)O)[C@H]3C=C[C@@]12O3. The van der Waals surface area contributed by atoms with Crippen LogP contribution in [0.4, 0.5) is 5.69 Å². The second-order valence-corrected chi connectivity index (χ2v) is 8.27. The van der Waals surface area contributed by atoms with E-state index in [-0.39, 0.29) is 11.9 Å². The largest absolute Gasteiger partial charge is 0.481 e. The third-order valence-electron chi connectivity index (χ3n) is 6.09. The van der Waals surface area contributed by atoms with Crippen molar-refractivity contribution in [3.63, 3.8) is 0 Å². The van der Waals surface area contributed by atoms with E-state index >= 15 is 0 Å². The molecule has 1 spiro atoms. The molecule has 142 valence electrons. The summed E-state index contributed by atoms with van der Waals surface area (Å²) in [6.45, 7) is 10.2. The lowest BCUT2D eigenvalue weighted by Gasteiger charge is -2.33. The van der Waals surface area contributed by atoms with Crippen LogP contribution in [0.5, 0.6) is 0 Å². The minimum absolute atomic E-state index is 0.169. The van der Waals surface area contributed by atoms with Crippen molar-refractivity contribution < 1.29 is 19.4 Å². The van der Waals surface area contributed by atoms with Crippen LogP contribution in [0.2, 0.25) is 0 Å². The summed E-state index contributed by atoms with van der Waals surface area (Å²) in [6.07, 6.45) is 3.75. The molecule has 2 fully saturated rings. The van der Waals surface area contributed by atoms with Gasteiger partial charge in [0.1, 0.15) is 11.5 Å². The molecule has 3 aliphatic heterocycles. The Balaban J connectivity index is 1.79. The summed E-state index contributed by atoms with van der Waals surface area (Å²) in [5.74, 6) is -2.28. The van der Waals surface area contributed by atoms with Gasteiger partial charge in [-0.1, -0.05) is 43.7 Å². The van der Waals surface area contributed by atoms with Crippen LogP contribution in [-0.2, 0) is 14.3 Å². The Labute approximate surface area is 159 Å². The molecule has 3 aliphatic rings. The van der Waals surface area contributed by atoms with E-state index < -0.39 is 29.5 Å². The van der Waals surface area contributed by atoms with E-state index in [1.807, 2.05) is 37.3 Å². The fraction of sp³-hybridized carbons (Fsp3) is 0.455. The van der Waals surface area contributed by atoms with E-state index in [2.05, 4.69) is 20.4 Å². The van der Waals surface area contributed by atoms with E-state index in [0.29, 0.717) is 12.3 Å². The van der Waals surface area contributed by atoms with E-state index in [0.717, 1.165) is 11.3 Å².